The second kappa shape index (κ2) is 6.29. The fourth-order valence-electron chi connectivity index (χ4n) is 1.96. The van der Waals surface area contributed by atoms with Crippen LogP contribution in [0.3, 0.4) is 0 Å². The zero-order valence-corrected chi connectivity index (χ0v) is 11.6. The average molecular weight is 300 g/mol. The van der Waals surface area contributed by atoms with Gasteiger partial charge in [-0.3, -0.25) is 4.90 Å². The molecule has 0 aromatic heterocycles. The Morgan fingerprint density at radius 2 is 1.70 bits per heavy atom. The van der Waals surface area contributed by atoms with Gasteiger partial charge in [-0.05, 0) is 36.9 Å². The monoisotopic (exact) mass is 299 g/mol. The van der Waals surface area contributed by atoms with Crippen molar-refractivity contribution in [2.24, 2.45) is 0 Å². The molecule has 20 heavy (non-hydrogen) atoms. The van der Waals surface area contributed by atoms with E-state index in [9.17, 15) is 13.2 Å². The lowest BCUT2D eigenvalue weighted by Crippen LogP contribution is -2.18. The third-order valence-corrected chi connectivity index (χ3v) is 3.28. The first kappa shape index (κ1) is 14.9. The highest BCUT2D eigenvalue weighted by Gasteiger charge is 2.11. The molecule has 0 bridgehead atoms. The van der Waals surface area contributed by atoms with Gasteiger partial charge in [-0.15, -0.1) is 0 Å². The Bertz CT molecular complexity index is 596. The molecule has 0 spiro atoms. The molecule has 0 aliphatic rings. The van der Waals surface area contributed by atoms with E-state index in [1.807, 2.05) is 0 Å². The van der Waals surface area contributed by atoms with Crippen LogP contribution < -0.4 is 0 Å². The van der Waals surface area contributed by atoms with Crippen LogP contribution in [0, 0.1) is 17.5 Å². The quantitative estimate of drug-likeness (QED) is 0.809. The summed E-state index contributed by atoms with van der Waals surface area (Å²) in [7, 11) is 1.75. The van der Waals surface area contributed by atoms with Gasteiger partial charge in [-0.25, -0.2) is 13.2 Å². The average Bonchev–Trinajstić information content (AvgIpc) is 2.38. The standard InChI is InChI=1S/C15H13ClF3N/c1-20(8-10-5-6-14(18)15(19)7-10)9-11-12(16)3-2-4-13(11)17/h2-7H,8-9H2,1H3. The van der Waals surface area contributed by atoms with E-state index in [0.717, 1.165) is 12.1 Å². The third kappa shape index (κ3) is 3.52. The Balaban J connectivity index is 2.09. The van der Waals surface area contributed by atoms with Gasteiger partial charge in [0.2, 0.25) is 0 Å². The molecule has 0 saturated carbocycles. The van der Waals surface area contributed by atoms with Crippen molar-refractivity contribution in [3.63, 3.8) is 0 Å². The lowest BCUT2D eigenvalue weighted by molar-refractivity contribution is 0.312. The van der Waals surface area contributed by atoms with E-state index >= 15 is 0 Å². The number of hydrogen-bond acceptors (Lipinski definition) is 1. The predicted octanol–water partition coefficient (Wildman–Crippen LogP) is 4.39. The van der Waals surface area contributed by atoms with Crippen LogP contribution in [0.5, 0.6) is 0 Å². The Labute approximate surface area is 120 Å². The molecule has 2 aromatic carbocycles. The molecule has 0 heterocycles. The minimum atomic E-state index is -0.889. The topological polar surface area (TPSA) is 3.24 Å². The summed E-state index contributed by atoms with van der Waals surface area (Å²) in [5, 5.41) is 0.349. The summed E-state index contributed by atoms with van der Waals surface area (Å²) in [6, 6.07) is 8.20. The maximum Gasteiger partial charge on any atom is 0.159 e. The van der Waals surface area contributed by atoms with Crippen LogP contribution in [0.4, 0.5) is 13.2 Å². The molecule has 2 rings (SSSR count). The number of halogens is 4. The van der Waals surface area contributed by atoms with Crippen LogP contribution in [0.25, 0.3) is 0 Å². The lowest BCUT2D eigenvalue weighted by atomic mass is 10.1. The van der Waals surface area contributed by atoms with Crippen LogP contribution in [-0.2, 0) is 13.1 Å². The van der Waals surface area contributed by atoms with Crippen molar-refractivity contribution in [1.29, 1.82) is 0 Å². The van der Waals surface area contributed by atoms with Gasteiger partial charge in [-0.2, -0.15) is 0 Å². The molecule has 0 unspecified atom stereocenters. The zero-order valence-electron chi connectivity index (χ0n) is 10.8. The molecular formula is C15H13ClF3N. The van der Waals surface area contributed by atoms with E-state index < -0.39 is 11.6 Å². The fraction of sp³-hybridized carbons (Fsp3) is 0.200. The van der Waals surface area contributed by atoms with Crippen LogP contribution in [0.2, 0.25) is 5.02 Å². The van der Waals surface area contributed by atoms with Crippen molar-refractivity contribution in [3.05, 3.63) is 70.0 Å². The fourth-order valence-corrected chi connectivity index (χ4v) is 2.18. The summed E-state index contributed by atoms with van der Waals surface area (Å²) < 4.78 is 39.6. The van der Waals surface area contributed by atoms with E-state index in [4.69, 9.17) is 11.6 Å². The molecule has 0 amide bonds. The first-order chi connectivity index (χ1) is 9.47. The summed E-state index contributed by atoms with van der Waals surface area (Å²) in [6.07, 6.45) is 0. The third-order valence-electron chi connectivity index (χ3n) is 2.93. The van der Waals surface area contributed by atoms with Crippen LogP contribution in [0.1, 0.15) is 11.1 Å². The minimum absolute atomic E-state index is 0.282. The highest BCUT2D eigenvalue weighted by molar-refractivity contribution is 6.31. The number of rotatable bonds is 4. The summed E-state index contributed by atoms with van der Waals surface area (Å²) in [4.78, 5) is 1.77. The molecule has 0 atom stereocenters. The number of hydrogen-bond donors (Lipinski definition) is 0. The van der Waals surface area contributed by atoms with Gasteiger partial charge in [0, 0.05) is 23.7 Å². The van der Waals surface area contributed by atoms with Gasteiger partial charge in [0.25, 0.3) is 0 Å². The second-order valence-electron chi connectivity index (χ2n) is 4.62. The molecule has 2 aromatic rings. The molecule has 5 heteroatoms. The van der Waals surface area contributed by atoms with E-state index in [1.165, 1.54) is 18.2 Å². The molecule has 0 saturated heterocycles. The SMILES string of the molecule is CN(Cc1ccc(F)c(F)c1)Cc1c(F)cccc1Cl. The van der Waals surface area contributed by atoms with Crippen LogP contribution in [0.15, 0.2) is 36.4 Å². The van der Waals surface area contributed by atoms with Crippen molar-refractivity contribution in [2.45, 2.75) is 13.1 Å². The molecule has 0 radical (unpaired) electrons. The van der Waals surface area contributed by atoms with E-state index in [2.05, 4.69) is 0 Å². The molecule has 0 fully saturated rings. The maximum absolute atomic E-state index is 13.6. The van der Waals surface area contributed by atoms with Gasteiger partial charge >= 0.3 is 0 Å². The highest BCUT2D eigenvalue weighted by atomic mass is 35.5. The van der Waals surface area contributed by atoms with Crippen LogP contribution >= 0.6 is 11.6 Å². The van der Waals surface area contributed by atoms with E-state index in [-0.39, 0.29) is 12.4 Å². The largest absolute Gasteiger partial charge is 0.298 e. The molecule has 1 nitrogen and oxygen atoms in total. The normalized spacial score (nSPS) is 11.1. The lowest BCUT2D eigenvalue weighted by Gasteiger charge is -2.18. The van der Waals surface area contributed by atoms with Crippen molar-refractivity contribution in [3.8, 4) is 0 Å². The molecule has 0 aliphatic carbocycles. The number of benzene rings is 2. The molecule has 0 aliphatic heterocycles. The first-order valence-corrected chi connectivity index (χ1v) is 6.40. The molecular weight excluding hydrogens is 287 g/mol. The van der Waals surface area contributed by atoms with Gasteiger partial charge in [0.1, 0.15) is 5.82 Å². The maximum atomic E-state index is 13.6. The summed E-state index contributed by atoms with van der Waals surface area (Å²) >= 11 is 5.95. The molecule has 0 N–H and O–H groups in total. The number of nitrogens with zero attached hydrogens (tertiary/aromatic N) is 1. The zero-order chi connectivity index (χ0) is 14.7. The van der Waals surface area contributed by atoms with Crippen LogP contribution in [-0.4, -0.2) is 11.9 Å². The highest BCUT2D eigenvalue weighted by Crippen LogP contribution is 2.21. The van der Waals surface area contributed by atoms with Gasteiger partial charge in [0.15, 0.2) is 11.6 Å². The minimum Gasteiger partial charge on any atom is -0.298 e. The predicted molar refractivity (Wildman–Crippen MR) is 72.9 cm³/mol. The Hall–Kier alpha value is -1.52. The molecule has 106 valence electrons. The Morgan fingerprint density at radius 1 is 0.950 bits per heavy atom. The summed E-state index contributed by atoms with van der Waals surface area (Å²) in [6.45, 7) is 0.645. The van der Waals surface area contributed by atoms with Crippen molar-refractivity contribution in [2.75, 3.05) is 7.05 Å². The Morgan fingerprint density at radius 3 is 2.35 bits per heavy atom. The van der Waals surface area contributed by atoms with E-state index in [0.29, 0.717) is 22.7 Å². The van der Waals surface area contributed by atoms with Crippen molar-refractivity contribution < 1.29 is 13.2 Å². The van der Waals surface area contributed by atoms with Crippen molar-refractivity contribution in [1.82, 2.24) is 4.90 Å². The summed E-state index contributed by atoms with van der Waals surface area (Å²) in [5.41, 5.74) is 0.998. The van der Waals surface area contributed by atoms with E-state index in [1.54, 1.807) is 18.0 Å². The van der Waals surface area contributed by atoms with Gasteiger partial charge in [0.05, 0.1) is 0 Å². The smallest absolute Gasteiger partial charge is 0.159 e. The second-order valence-corrected chi connectivity index (χ2v) is 5.03. The summed E-state index contributed by atoms with van der Waals surface area (Å²) in [5.74, 6) is -2.15. The Kier molecular flexibility index (Phi) is 4.68. The van der Waals surface area contributed by atoms with Gasteiger partial charge < -0.3 is 0 Å². The first-order valence-electron chi connectivity index (χ1n) is 6.02. The van der Waals surface area contributed by atoms with Crippen molar-refractivity contribution >= 4 is 11.6 Å². The van der Waals surface area contributed by atoms with Gasteiger partial charge in [-0.1, -0.05) is 23.7 Å².